The van der Waals surface area contributed by atoms with E-state index in [1.165, 1.54) is 22.3 Å². The summed E-state index contributed by atoms with van der Waals surface area (Å²) >= 11 is 0. The number of nitrogens with zero attached hydrogens (tertiary/aromatic N) is 5. The Balaban J connectivity index is 1.50. The summed E-state index contributed by atoms with van der Waals surface area (Å²) in [4.78, 5) is 4.94. The number of pyridine rings is 1. The Kier molecular flexibility index (Phi) is 6.93. The molecule has 0 N–H and O–H groups in total. The molecule has 0 saturated carbocycles. The molecule has 2 aromatic carbocycles. The lowest BCUT2D eigenvalue weighted by Gasteiger charge is -2.12. The third kappa shape index (κ3) is 4.88. The van der Waals surface area contributed by atoms with Crippen LogP contribution in [0.25, 0.3) is 22.5 Å². The number of hydrogen-bond acceptors (Lipinski definition) is 3. The van der Waals surface area contributed by atoms with E-state index in [1.54, 1.807) is 0 Å². The Labute approximate surface area is 224 Å². The maximum atomic E-state index is 4.99. The Morgan fingerprint density at radius 1 is 0.526 bits per heavy atom. The van der Waals surface area contributed by atoms with Crippen molar-refractivity contribution in [2.45, 2.75) is 41.5 Å². The molecule has 190 valence electrons. The second-order valence-corrected chi connectivity index (χ2v) is 9.75. The van der Waals surface area contributed by atoms with Crippen molar-refractivity contribution in [1.82, 2.24) is 14.3 Å². The Bertz CT molecular complexity index is 1560. The van der Waals surface area contributed by atoms with Crippen molar-refractivity contribution >= 4 is 11.4 Å². The molecule has 0 aliphatic rings. The predicted molar refractivity (Wildman–Crippen MR) is 158 cm³/mol. The molecule has 5 heteroatoms. The van der Waals surface area contributed by atoms with Crippen LogP contribution in [0, 0.1) is 27.7 Å². The standard InChI is InChI=1S/C33H33N5/c1-22-12-7-9-14-28(22)32-20-18-24(3)37(32)35-26(5)30-16-11-17-31(34-30)27(6)36-38-25(4)19-21-33(38)29-15-10-8-13-23(29)2/h7-21H,1-6H3. The van der Waals surface area contributed by atoms with Gasteiger partial charge in [-0.1, -0.05) is 54.6 Å². The van der Waals surface area contributed by atoms with Gasteiger partial charge in [0.25, 0.3) is 0 Å². The van der Waals surface area contributed by atoms with Gasteiger partial charge in [-0.2, -0.15) is 10.2 Å². The van der Waals surface area contributed by atoms with E-state index in [0.717, 1.165) is 45.6 Å². The maximum absolute atomic E-state index is 4.99. The Hall–Kier alpha value is -4.51. The highest BCUT2D eigenvalue weighted by molar-refractivity contribution is 6.00. The molecular formula is C33H33N5. The van der Waals surface area contributed by atoms with Crippen molar-refractivity contribution in [1.29, 1.82) is 0 Å². The number of hydrogen-bond donors (Lipinski definition) is 0. The number of rotatable bonds is 6. The smallest absolute Gasteiger partial charge is 0.0867 e. The second-order valence-electron chi connectivity index (χ2n) is 9.75. The molecule has 0 unspecified atom stereocenters. The first-order chi connectivity index (χ1) is 18.3. The zero-order valence-electron chi connectivity index (χ0n) is 22.9. The van der Waals surface area contributed by atoms with Crippen LogP contribution >= 0.6 is 0 Å². The lowest BCUT2D eigenvalue weighted by atomic mass is 10.1. The summed E-state index contributed by atoms with van der Waals surface area (Å²) in [6.07, 6.45) is 0. The molecule has 0 amide bonds. The van der Waals surface area contributed by atoms with Gasteiger partial charge in [0, 0.05) is 22.5 Å². The molecule has 0 aliphatic carbocycles. The van der Waals surface area contributed by atoms with Crippen LogP contribution in [-0.2, 0) is 0 Å². The van der Waals surface area contributed by atoms with Gasteiger partial charge in [-0.25, -0.2) is 14.3 Å². The first-order valence-electron chi connectivity index (χ1n) is 12.9. The van der Waals surface area contributed by atoms with Crippen LogP contribution in [0.4, 0.5) is 0 Å². The van der Waals surface area contributed by atoms with Gasteiger partial charge < -0.3 is 0 Å². The van der Waals surface area contributed by atoms with Crippen molar-refractivity contribution in [3.05, 3.63) is 125 Å². The minimum Gasteiger partial charge on any atom is -0.245 e. The summed E-state index contributed by atoms with van der Waals surface area (Å²) in [6.45, 7) is 12.4. The van der Waals surface area contributed by atoms with Crippen molar-refractivity contribution in [3.63, 3.8) is 0 Å². The Morgan fingerprint density at radius 2 is 0.947 bits per heavy atom. The van der Waals surface area contributed by atoms with Crippen LogP contribution in [0.5, 0.6) is 0 Å². The highest BCUT2D eigenvalue weighted by atomic mass is 15.4. The molecule has 3 heterocycles. The lowest BCUT2D eigenvalue weighted by Crippen LogP contribution is -2.09. The lowest BCUT2D eigenvalue weighted by molar-refractivity contribution is 0.850. The van der Waals surface area contributed by atoms with Gasteiger partial charge in [-0.3, -0.25) is 0 Å². The molecule has 3 aromatic heterocycles. The van der Waals surface area contributed by atoms with E-state index < -0.39 is 0 Å². The fourth-order valence-electron chi connectivity index (χ4n) is 4.70. The second kappa shape index (κ2) is 10.5. The zero-order chi connectivity index (χ0) is 26.8. The molecule has 0 bridgehead atoms. The van der Waals surface area contributed by atoms with Crippen molar-refractivity contribution in [2.75, 3.05) is 0 Å². The van der Waals surface area contributed by atoms with Crippen LogP contribution in [0.15, 0.2) is 101 Å². The molecule has 0 spiro atoms. The van der Waals surface area contributed by atoms with Gasteiger partial charge >= 0.3 is 0 Å². The molecule has 5 rings (SSSR count). The van der Waals surface area contributed by atoms with Crippen LogP contribution in [0.3, 0.4) is 0 Å². The molecular weight excluding hydrogens is 466 g/mol. The highest BCUT2D eigenvalue weighted by Crippen LogP contribution is 2.27. The summed E-state index contributed by atoms with van der Waals surface area (Å²) in [5.74, 6) is 0. The average molecular weight is 500 g/mol. The van der Waals surface area contributed by atoms with E-state index in [-0.39, 0.29) is 0 Å². The molecule has 0 atom stereocenters. The maximum Gasteiger partial charge on any atom is 0.0867 e. The van der Waals surface area contributed by atoms with Gasteiger partial charge in [-0.15, -0.1) is 0 Å². The van der Waals surface area contributed by atoms with Gasteiger partial charge in [-0.05, 0) is 89.1 Å². The number of aromatic nitrogens is 3. The van der Waals surface area contributed by atoms with Gasteiger partial charge in [0.05, 0.1) is 34.2 Å². The molecule has 5 nitrogen and oxygen atoms in total. The molecule has 0 aliphatic heterocycles. The van der Waals surface area contributed by atoms with E-state index in [9.17, 15) is 0 Å². The van der Waals surface area contributed by atoms with Gasteiger partial charge in [0.1, 0.15) is 0 Å². The molecule has 0 saturated heterocycles. The van der Waals surface area contributed by atoms with Crippen LogP contribution in [-0.4, -0.2) is 25.8 Å². The fraction of sp³-hybridized carbons (Fsp3) is 0.182. The summed E-state index contributed by atoms with van der Waals surface area (Å²) in [6, 6.07) is 31.3. The van der Waals surface area contributed by atoms with E-state index >= 15 is 0 Å². The van der Waals surface area contributed by atoms with Gasteiger partial charge in [0.2, 0.25) is 0 Å². The molecule has 0 radical (unpaired) electrons. The van der Waals surface area contributed by atoms with Gasteiger partial charge in [0.15, 0.2) is 0 Å². The summed E-state index contributed by atoms with van der Waals surface area (Å²) in [5, 5.41) is 9.97. The quantitative estimate of drug-likeness (QED) is 0.220. The van der Waals surface area contributed by atoms with E-state index in [2.05, 4.69) is 100 Å². The third-order valence-corrected chi connectivity index (χ3v) is 6.92. The van der Waals surface area contributed by atoms with Crippen molar-refractivity contribution in [3.8, 4) is 22.5 Å². The average Bonchev–Trinajstić information content (AvgIpc) is 3.46. The monoisotopic (exact) mass is 499 g/mol. The van der Waals surface area contributed by atoms with Crippen molar-refractivity contribution in [2.24, 2.45) is 10.2 Å². The topological polar surface area (TPSA) is 47.5 Å². The van der Waals surface area contributed by atoms with Crippen LogP contribution < -0.4 is 0 Å². The molecule has 38 heavy (non-hydrogen) atoms. The third-order valence-electron chi connectivity index (χ3n) is 6.92. The van der Waals surface area contributed by atoms with E-state index in [1.807, 2.05) is 41.4 Å². The predicted octanol–water partition coefficient (Wildman–Crippen LogP) is 7.80. The fourth-order valence-corrected chi connectivity index (χ4v) is 4.70. The normalized spacial score (nSPS) is 12.3. The summed E-state index contributed by atoms with van der Waals surface area (Å²) in [7, 11) is 0. The SMILES string of the molecule is CC(=Nn1c(C)ccc1-c1ccccc1C)c1cccc(C(C)=Nn2c(C)ccc2-c2ccccc2C)n1. The highest BCUT2D eigenvalue weighted by Gasteiger charge is 2.13. The molecule has 0 fully saturated rings. The minimum atomic E-state index is 0.823. The summed E-state index contributed by atoms with van der Waals surface area (Å²) in [5.41, 5.74) is 12.4. The van der Waals surface area contributed by atoms with Crippen molar-refractivity contribution < 1.29 is 0 Å². The first-order valence-corrected chi connectivity index (χ1v) is 12.9. The zero-order valence-corrected chi connectivity index (χ0v) is 22.9. The van der Waals surface area contributed by atoms with E-state index in [0.29, 0.717) is 0 Å². The Morgan fingerprint density at radius 3 is 1.37 bits per heavy atom. The summed E-state index contributed by atoms with van der Waals surface area (Å²) < 4.78 is 4.01. The first kappa shape index (κ1) is 25.2. The van der Waals surface area contributed by atoms with Crippen LogP contribution in [0.1, 0.15) is 47.8 Å². The minimum absolute atomic E-state index is 0.823. The number of aryl methyl sites for hydroxylation is 4. The molecule has 5 aromatic rings. The number of benzene rings is 2. The largest absolute Gasteiger partial charge is 0.245 e. The van der Waals surface area contributed by atoms with Crippen LogP contribution in [0.2, 0.25) is 0 Å². The van der Waals surface area contributed by atoms with E-state index in [4.69, 9.17) is 15.2 Å².